The van der Waals surface area contributed by atoms with Crippen LogP contribution in [0.25, 0.3) is 0 Å². The molecule has 0 aliphatic rings. The van der Waals surface area contributed by atoms with Gasteiger partial charge in [0, 0.05) is 12.6 Å². The molecule has 0 aromatic rings. The fraction of sp³-hybridized carbons (Fsp3) is 0.889. The second-order valence-electron chi connectivity index (χ2n) is 3.54. The third kappa shape index (κ3) is 6.53. The molecule has 0 aliphatic carbocycles. The number of hydrogen-bond acceptors (Lipinski definition) is 2. The lowest BCUT2D eigenvalue weighted by atomic mass is 10.2. The van der Waals surface area contributed by atoms with Crippen molar-refractivity contribution >= 4 is 16.9 Å². The van der Waals surface area contributed by atoms with E-state index < -0.39 is 0 Å². The molecule has 3 heteroatoms. The molecule has 0 atom stereocenters. The van der Waals surface area contributed by atoms with E-state index >= 15 is 0 Å². The molecule has 12 heavy (non-hydrogen) atoms. The SMILES string of the molecule is CSC(=NCC(C)C)NC(C)C. The van der Waals surface area contributed by atoms with Crippen LogP contribution in [0, 0.1) is 5.92 Å². The van der Waals surface area contributed by atoms with Gasteiger partial charge in [-0.15, -0.1) is 0 Å². The summed E-state index contributed by atoms with van der Waals surface area (Å²) in [7, 11) is 0. The Labute approximate surface area is 80.2 Å². The van der Waals surface area contributed by atoms with Gasteiger partial charge in [-0.05, 0) is 26.0 Å². The summed E-state index contributed by atoms with van der Waals surface area (Å²) in [6.45, 7) is 9.52. The van der Waals surface area contributed by atoms with Gasteiger partial charge in [0.25, 0.3) is 0 Å². The topological polar surface area (TPSA) is 24.4 Å². The van der Waals surface area contributed by atoms with E-state index in [0.717, 1.165) is 11.7 Å². The standard InChI is InChI=1S/C9H20N2S/c1-7(2)6-10-9(12-5)11-8(3)4/h7-8H,6H2,1-5H3,(H,10,11). The van der Waals surface area contributed by atoms with Crippen LogP contribution in [0.1, 0.15) is 27.7 Å². The van der Waals surface area contributed by atoms with Crippen LogP contribution in [0.2, 0.25) is 0 Å². The van der Waals surface area contributed by atoms with Crippen LogP contribution in [0.3, 0.4) is 0 Å². The third-order valence-corrected chi connectivity index (χ3v) is 1.84. The second-order valence-corrected chi connectivity index (χ2v) is 4.34. The van der Waals surface area contributed by atoms with Gasteiger partial charge < -0.3 is 5.32 Å². The van der Waals surface area contributed by atoms with Crippen LogP contribution >= 0.6 is 11.8 Å². The van der Waals surface area contributed by atoms with Crippen molar-refractivity contribution in [1.82, 2.24) is 5.32 Å². The summed E-state index contributed by atoms with van der Waals surface area (Å²) in [5.74, 6) is 0.640. The molecule has 2 nitrogen and oxygen atoms in total. The normalized spacial score (nSPS) is 12.8. The lowest BCUT2D eigenvalue weighted by molar-refractivity contribution is 0.659. The number of hydrogen-bond donors (Lipinski definition) is 1. The second kappa shape index (κ2) is 6.35. The molecule has 0 fully saturated rings. The van der Waals surface area contributed by atoms with E-state index in [9.17, 15) is 0 Å². The summed E-state index contributed by atoms with van der Waals surface area (Å²) in [6.07, 6.45) is 2.05. The van der Waals surface area contributed by atoms with Crippen LogP contribution in [0.15, 0.2) is 4.99 Å². The van der Waals surface area contributed by atoms with Crippen molar-refractivity contribution in [3.05, 3.63) is 0 Å². The molecular formula is C9H20N2S. The molecular weight excluding hydrogens is 168 g/mol. The molecule has 0 radical (unpaired) electrons. The number of aliphatic imine (C=N–C) groups is 1. The van der Waals surface area contributed by atoms with Gasteiger partial charge in [-0.3, -0.25) is 4.99 Å². The van der Waals surface area contributed by atoms with Crippen molar-refractivity contribution in [2.24, 2.45) is 10.9 Å². The maximum Gasteiger partial charge on any atom is 0.156 e. The Morgan fingerprint density at radius 2 is 1.92 bits per heavy atom. The van der Waals surface area contributed by atoms with Gasteiger partial charge in [0.15, 0.2) is 5.17 Å². The number of nitrogens with one attached hydrogen (secondary N) is 1. The van der Waals surface area contributed by atoms with Gasteiger partial charge in [-0.25, -0.2) is 0 Å². The number of thioether (sulfide) groups is 1. The van der Waals surface area contributed by atoms with Crippen molar-refractivity contribution in [3.8, 4) is 0 Å². The average Bonchev–Trinajstić information content (AvgIpc) is 1.97. The highest BCUT2D eigenvalue weighted by Gasteiger charge is 1.99. The minimum atomic E-state index is 0.475. The number of nitrogens with zero attached hydrogens (tertiary/aromatic N) is 1. The smallest absolute Gasteiger partial charge is 0.156 e. The minimum absolute atomic E-state index is 0.475. The number of rotatable bonds is 3. The zero-order valence-corrected chi connectivity index (χ0v) is 9.53. The van der Waals surface area contributed by atoms with Crippen molar-refractivity contribution < 1.29 is 0 Å². The Morgan fingerprint density at radius 1 is 1.33 bits per heavy atom. The maximum atomic E-state index is 4.45. The molecule has 0 rings (SSSR count). The lowest BCUT2D eigenvalue weighted by Gasteiger charge is -2.11. The van der Waals surface area contributed by atoms with Crippen molar-refractivity contribution in [1.29, 1.82) is 0 Å². The van der Waals surface area contributed by atoms with E-state index in [1.54, 1.807) is 11.8 Å². The molecule has 0 saturated heterocycles. The van der Waals surface area contributed by atoms with Crippen LogP contribution in [-0.4, -0.2) is 24.0 Å². The van der Waals surface area contributed by atoms with Gasteiger partial charge in [0.05, 0.1) is 0 Å². The van der Waals surface area contributed by atoms with Crippen molar-refractivity contribution in [3.63, 3.8) is 0 Å². The van der Waals surface area contributed by atoms with E-state index in [1.807, 2.05) is 0 Å². The van der Waals surface area contributed by atoms with E-state index in [4.69, 9.17) is 0 Å². The van der Waals surface area contributed by atoms with Crippen LogP contribution in [-0.2, 0) is 0 Å². The maximum absolute atomic E-state index is 4.45. The fourth-order valence-corrected chi connectivity index (χ4v) is 1.24. The summed E-state index contributed by atoms with van der Waals surface area (Å²) in [5, 5.41) is 4.35. The van der Waals surface area contributed by atoms with Crippen molar-refractivity contribution in [2.45, 2.75) is 33.7 Å². The molecule has 0 spiro atoms. The van der Waals surface area contributed by atoms with Gasteiger partial charge >= 0.3 is 0 Å². The van der Waals surface area contributed by atoms with Gasteiger partial charge in [-0.2, -0.15) is 0 Å². The first-order valence-corrected chi connectivity index (χ1v) is 5.63. The quantitative estimate of drug-likeness (QED) is 0.543. The molecule has 72 valence electrons. The Balaban J connectivity index is 3.87. The Hall–Kier alpha value is -0.180. The lowest BCUT2D eigenvalue weighted by Crippen LogP contribution is -2.28. The van der Waals surface area contributed by atoms with E-state index in [1.165, 1.54) is 0 Å². The molecule has 0 aromatic heterocycles. The Morgan fingerprint density at radius 3 is 2.25 bits per heavy atom. The van der Waals surface area contributed by atoms with Crippen LogP contribution < -0.4 is 5.32 Å². The predicted molar refractivity (Wildman–Crippen MR) is 58.9 cm³/mol. The molecule has 0 heterocycles. The fourth-order valence-electron chi connectivity index (χ4n) is 0.682. The average molecular weight is 188 g/mol. The zero-order valence-electron chi connectivity index (χ0n) is 8.72. The third-order valence-electron chi connectivity index (χ3n) is 1.21. The molecule has 0 unspecified atom stereocenters. The minimum Gasteiger partial charge on any atom is -0.363 e. The highest BCUT2D eigenvalue weighted by Crippen LogP contribution is 1.99. The summed E-state index contributed by atoms with van der Waals surface area (Å²) in [4.78, 5) is 4.45. The molecule has 1 N–H and O–H groups in total. The van der Waals surface area contributed by atoms with E-state index in [0.29, 0.717) is 12.0 Å². The first-order valence-electron chi connectivity index (χ1n) is 4.41. The van der Waals surface area contributed by atoms with Crippen LogP contribution in [0.4, 0.5) is 0 Å². The van der Waals surface area contributed by atoms with E-state index in [2.05, 4.69) is 44.3 Å². The summed E-state index contributed by atoms with van der Waals surface area (Å²) < 4.78 is 0. The largest absolute Gasteiger partial charge is 0.363 e. The predicted octanol–water partition coefficient (Wildman–Crippen LogP) is 2.36. The van der Waals surface area contributed by atoms with Gasteiger partial charge in [0.2, 0.25) is 0 Å². The molecule has 0 aromatic carbocycles. The zero-order chi connectivity index (χ0) is 9.56. The monoisotopic (exact) mass is 188 g/mol. The summed E-state index contributed by atoms with van der Waals surface area (Å²) in [6, 6.07) is 0.475. The summed E-state index contributed by atoms with van der Waals surface area (Å²) in [5.41, 5.74) is 0. The highest BCUT2D eigenvalue weighted by molar-refractivity contribution is 8.13. The summed E-state index contributed by atoms with van der Waals surface area (Å²) >= 11 is 1.68. The molecule has 0 amide bonds. The van der Waals surface area contributed by atoms with Gasteiger partial charge in [0.1, 0.15) is 0 Å². The Kier molecular flexibility index (Phi) is 6.25. The van der Waals surface area contributed by atoms with E-state index in [-0.39, 0.29) is 0 Å². The van der Waals surface area contributed by atoms with Gasteiger partial charge in [-0.1, -0.05) is 25.6 Å². The number of amidine groups is 1. The highest BCUT2D eigenvalue weighted by atomic mass is 32.2. The Bertz CT molecular complexity index is 141. The van der Waals surface area contributed by atoms with Crippen molar-refractivity contribution in [2.75, 3.05) is 12.8 Å². The first kappa shape index (κ1) is 11.8. The molecule has 0 aliphatic heterocycles. The molecule has 0 saturated carbocycles. The van der Waals surface area contributed by atoms with Crippen LogP contribution in [0.5, 0.6) is 0 Å². The first-order chi connectivity index (χ1) is 5.56. The molecule has 0 bridgehead atoms.